The number of hydrogen-bond donors (Lipinski definition) is 1. The Bertz CT molecular complexity index is 346. The lowest BCUT2D eigenvalue weighted by molar-refractivity contribution is -0.0245. The van der Waals surface area contributed by atoms with Crippen molar-refractivity contribution in [3.63, 3.8) is 0 Å². The molecule has 2 bridgehead atoms. The van der Waals surface area contributed by atoms with E-state index in [1.54, 1.807) is 0 Å². The molecule has 0 aliphatic carbocycles. The molecular formula is C25H50N2. The number of unbranched alkanes of at least 4 members (excludes halogenated alkanes) is 15. The van der Waals surface area contributed by atoms with Gasteiger partial charge in [0.1, 0.15) is 0 Å². The zero-order valence-corrected chi connectivity index (χ0v) is 18.7. The molecule has 0 aromatic carbocycles. The van der Waals surface area contributed by atoms with Crippen LogP contribution in [0.15, 0.2) is 0 Å². The van der Waals surface area contributed by atoms with E-state index >= 15 is 0 Å². The SMILES string of the molecule is CCCCCCCCCCCCCCCCCCC12CCN(CC1)C(N)C2. The van der Waals surface area contributed by atoms with E-state index in [0.29, 0.717) is 11.6 Å². The van der Waals surface area contributed by atoms with Crippen molar-refractivity contribution in [2.45, 2.75) is 142 Å². The molecule has 27 heavy (non-hydrogen) atoms. The summed E-state index contributed by atoms with van der Waals surface area (Å²) in [5.74, 6) is 0. The third-order valence-corrected chi connectivity index (χ3v) is 7.53. The Morgan fingerprint density at radius 1 is 0.667 bits per heavy atom. The maximum Gasteiger partial charge on any atom is 0.0577 e. The number of hydrogen-bond acceptors (Lipinski definition) is 2. The molecule has 3 aliphatic rings. The van der Waals surface area contributed by atoms with Crippen LogP contribution in [0.25, 0.3) is 0 Å². The topological polar surface area (TPSA) is 29.3 Å². The number of nitrogens with zero attached hydrogens (tertiary/aromatic N) is 1. The fourth-order valence-electron chi connectivity index (χ4n) is 5.51. The molecule has 2 N–H and O–H groups in total. The minimum absolute atomic E-state index is 0.369. The van der Waals surface area contributed by atoms with Crippen LogP contribution in [-0.2, 0) is 0 Å². The van der Waals surface area contributed by atoms with Crippen molar-refractivity contribution < 1.29 is 0 Å². The van der Waals surface area contributed by atoms with Gasteiger partial charge in [-0.2, -0.15) is 0 Å². The summed E-state index contributed by atoms with van der Waals surface area (Å²) < 4.78 is 0. The first kappa shape index (κ1) is 23.2. The maximum atomic E-state index is 6.29. The van der Waals surface area contributed by atoms with Crippen LogP contribution in [0, 0.1) is 5.41 Å². The molecule has 1 unspecified atom stereocenters. The van der Waals surface area contributed by atoms with Gasteiger partial charge < -0.3 is 5.73 Å². The second-order valence-electron chi connectivity index (χ2n) is 9.86. The highest BCUT2D eigenvalue weighted by Crippen LogP contribution is 2.45. The van der Waals surface area contributed by atoms with Gasteiger partial charge in [-0.1, -0.05) is 110 Å². The summed E-state index contributed by atoms with van der Waals surface area (Å²) in [6.07, 6.45) is 29.3. The van der Waals surface area contributed by atoms with Crippen LogP contribution in [0.4, 0.5) is 0 Å². The fraction of sp³-hybridized carbons (Fsp3) is 1.00. The summed E-state index contributed by atoms with van der Waals surface area (Å²) in [4.78, 5) is 2.50. The van der Waals surface area contributed by atoms with E-state index in [1.807, 2.05) is 0 Å². The maximum absolute atomic E-state index is 6.29. The quantitative estimate of drug-likeness (QED) is 0.267. The monoisotopic (exact) mass is 378 g/mol. The van der Waals surface area contributed by atoms with Gasteiger partial charge in [0, 0.05) is 13.1 Å². The highest BCUT2D eigenvalue weighted by Gasteiger charge is 2.42. The first-order valence-corrected chi connectivity index (χ1v) is 12.8. The lowest BCUT2D eigenvalue weighted by atomic mass is 9.68. The van der Waals surface area contributed by atoms with Crippen molar-refractivity contribution in [2.75, 3.05) is 13.1 Å². The fourth-order valence-corrected chi connectivity index (χ4v) is 5.51. The van der Waals surface area contributed by atoms with E-state index in [9.17, 15) is 0 Å². The molecule has 3 aliphatic heterocycles. The van der Waals surface area contributed by atoms with Gasteiger partial charge in [-0.3, -0.25) is 4.90 Å². The van der Waals surface area contributed by atoms with Gasteiger partial charge in [-0.25, -0.2) is 0 Å². The standard InChI is InChI=1S/C25H50N2/c1-2-3-4-5-6-7-8-9-10-11-12-13-14-15-16-17-18-25-19-21-27(22-20-25)24(26)23-25/h24H,2-23,26H2,1H3. The lowest BCUT2D eigenvalue weighted by Crippen LogP contribution is -2.57. The second kappa shape index (κ2) is 14.0. The van der Waals surface area contributed by atoms with Crippen molar-refractivity contribution in [3.8, 4) is 0 Å². The summed E-state index contributed by atoms with van der Waals surface area (Å²) >= 11 is 0. The average Bonchev–Trinajstić information content (AvgIpc) is 2.68. The molecule has 0 spiro atoms. The molecule has 0 radical (unpaired) electrons. The van der Waals surface area contributed by atoms with E-state index in [2.05, 4.69) is 11.8 Å². The highest BCUT2D eigenvalue weighted by molar-refractivity contribution is 4.95. The molecule has 2 heteroatoms. The number of rotatable bonds is 17. The lowest BCUT2D eigenvalue weighted by Gasteiger charge is -2.52. The molecule has 3 heterocycles. The van der Waals surface area contributed by atoms with Gasteiger partial charge in [0.15, 0.2) is 0 Å². The molecule has 0 amide bonds. The average molecular weight is 379 g/mol. The van der Waals surface area contributed by atoms with E-state index in [-0.39, 0.29) is 0 Å². The molecule has 0 aromatic heterocycles. The van der Waals surface area contributed by atoms with Crippen LogP contribution in [0.1, 0.15) is 135 Å². The Kier molecular flexibility index (Phi) is 12.0. The van der Waals surface area contributed by atoms with Crippen LogP contribution in [0.3, 0.4) is 0 Å². The Balaban J connectivity index is 1.30. The molecule has 0 aromatic rings. The van der Waals surface area contributed by atoms with Crippen LogP contribution in [0.2, 0.25) is 0 Å². The largest absolute Gasteiger partial charge is 0.316 e. The molecule has 0 saturated carbocycles. The summed E-state index contributed by atoms with van der Waals surface area (Å²) in [7, 11) is 0. The van der Waals surface area contributed by atoms with Gasteiger partial charge in [-0.15, -0.1) is 0 Å². The summed E-state index contributed by atoms with van der Waals surface area (Å²) in [6, 6.07) is 0. The van der Waals surface area contributed by atoms with Crippen LogP contribution < -0.4 is 5.73 Å². The predicted molar refractivity (Wildman–Crippen MR) is 120 cm³/mol. The normalized spacial score (nSPS) is 27.3. The van der Waals surface area contributed by atoms with Crippen LogP contribution in [-0.4, -0.2) is 24.2 Å². The second-order valence-corrected chi connectivity index (χ2v) is 9.86. The number of nitrogens with two attached hydrogens (primary N) is 1. The predicted octanol–water partition coefficient (Wildman–Crippen LogP) is 7.41. The van der Waals surface area contributed by atoms with Crippen molar-refractivity contribution in [1.82, 2.24) is 4.90 Å². The van der Waals surface area contributed by atoms with Gasteiger partial charge in [0.05, 0.1) is 6.17 Å². The molecule has 2 nitrogen and oxygen atoms in total. The first-order chi connectivity index (χ1) is 13.3. The summed E-state index contributed by atoms with van der Waals surface area (Å²) in [5.41, 5.74) is 6.92. The summed E-state index contributed by atoms with van der Waals surface area (Å²) in [6.45, 7) is 4.83. The zero-order valence-electron chi connectivity index (χ0n) is 18.7. The van der Waals surface area contributed by atoms with E-state index in [4.69, 9.17) is 5.73 Å². The van der Waals surface area contributed by atoms with Gasteiger partial charge >= 0.3 is 0 Å². The first-order valence-electron chi connectivity index (χ1n) is 12.8. The molecule has 160 valence electrons. The highest BCUT2D eigenvalue weighted by atomic mass is 15.2. The minimum atomic E-state index is 0.369. The van der Waals surface area contributed by atoms with Crippen LogP contribution >= 0.6 is 0 Å². The van der Waals surface area contributed by atoms with Crippen LogP contribution in [0.5, 0.6) is 0 Å². The van der Waals surface area contributed by atoms with E-state index < -0.39 is 0 Å². The Labute approximate surface area is 171 Å². The smallest absolute Gasteiger partial charge is 0.0577 e. The third-order valence-electron chi connectivity index (χ3n) is 7.53. The van der Waals surface area contributed by atoms with Gasteiger partial charge in [0.2, 0.25) is 0 Å². The molecule has 3 fully saturated rings. The van der Waals surface area contributed by atoms with E-state index in [0.717, 1.165) is 0 Å². The molecule has 1 atom stereocenters. The third kappa shape index (κ3) is 9.31. The van der Waals surface area contributed by atoms with Gasteiger partial charge in [0.25, 0.3) is 0 Å². The molecule has 3 rings (SSSR count). The zero-order chi connectivity index (χ0) is 19.2. The Morgan fingerprint density at radius 3 is 1.48 bits per heavy atom. The Morgan fingerprint density at radius 2 is 1.07 bits per heavy atom. The van der Waals surface area contributed by atoms with Crippen molar-refractivity contribution in [3.05, 3.63) is 0 Å². The number of piperidine rings is 3. The van der Waals surface area contributed by atoms with Crippen molar-refractivity contribution in [2.24, 2.45) is 11.1 Å². The summed E-state index contributed by atoms with van der Waals surface area (Å²) in [5, 5.41) is 0. The van der Waals surface area contributed by atoms with Gasteiger partial charge in [-0.05, 0) is 31.1 Å². The Hall–Kier alpha value is -0.0800. The van der Waals surface area contributed by atoms with E-state index in [1.165, 1.54) is 142 Å². The van der Waals surface area contributed by atoms with Crippen molar-refractivity contribution in [1.29, 1.82) is 0 Å². The van der Waals surface area contributed by atoms with Crippen molar-refractivity contribution >= 4 is 0 Å². The number of fused-ring (bicyclic) bond motifs is 3. The minimum Gasteiger partial charge on any atom is -0.316 e. The molecule has 3 saturated heterocycles. The molecular weight excluding hydrogens is 328 g/mol.